The summed E-state index contributed by atoms with van der Waals surface area (Å²) in [7, 11) is 0. The summed E-state index contributed by atoms with van der Waals surface area (Å²) in [5.74, 6) is -0.338. The minimum Gasteiger partial charge on any atom is -0.372 e. The molecule has 0 saturated carbocycles. The van der Waals surface area contributed by atoms with E-state index in [-0.39, 0.29) is 17.9 Å². The van der Waals surface area contributed by atoms with Gasteiger partial charge in [0.15, 0.2) is 0 Å². The summed E-state index contributed by atoms with van der Waals surface area (Å²) in [6, 6.07) is 14.5. The van der Waals surface area contributed by atoms with E-state index in [1.807, 2.05) is 38.1 Å². The number of nitrogens with zero attached hydrogens (tertiary/aromatic N) is 1. The molecule has 0 aliphatic rings. The van der Waals surface area contributed by atoms with Crippen LogP contribution in [0.15, 0.2) is 48.5 Å². The summed E-state index contributed by atoms with van der Waals surface area (Å²) in [5.41, 5.74) is 2.93. The summed E-state index contributed by atoms with van der Waals surface area (Å²) < 4.78 is 0. The van der Waals surface area contributed by atoms with Gasteiger partial charge < -0.3 is 15.5 Å². The number of hydrogen-bond donors (Lipinski definition) is 2. The molecule has 2 rings (SSSR count). The van der Waals surface area contributed by atoms with Crippen molar-refractivity contribution in [3.63, 3.8) is 0 Å². The van der Waals surface area contributed by atoms with Crippen LogP contribution in [-0.2, 0) is 0 Å². The lowest BCUT2D eigenvalue weighted by molar-refractivity contribution is 0.0941. The summed E-state index contributed by atoms with van der Waals surface area (Å²) in [6.45, 7) is 9.93. The van der Waals surface area contributed by atoms with E-state index in [4.69, 9.17) is 0 Å². The summed E-state index contributed by atoms with van der Waals surface area (Å²) in [4.78, 5) is 26.6. The molecule has 26 heavy (non-hydrogen) atoms. The van der Waals surface area contributed by atoms with Crippen molar-refractivity contribution >= 4 is 23.2 Å². The average molecular weight is 353 g/mol. The zero-order valence-electron chi connectivity index (χ0n) is 15.9. The molecular formula is C21H27N3O2. The SMILES string of the molecule is CCN(CC)c1ccc(NC(=O)c2ccc(C(=O)NC(C)C)cc2)cc1. The fourth-order valence-electron chi connectivity index (χ4n) is 2.67. The van der Waals surface area contributed by atoms with Crippen LogP contribution in [0.25, 0.3) is 0 Å². The zero-order valence-corrected chi connectivity index (χ0v) is 15.9. The first-order valence-electron chi connectivity index (χ1n) is 9.01. The van der Waals surface area contributed by atoms with Crippen molar-refractivity contribution in [3.8, 4) is 0 Å². The van der Waals surface area contributed by atoms with Crippen LogP contribution in [0, 0.1) is 0 Å². The first-order chi connectivity index (χ1) is 12.4. The third-order valence-corrected chi connectivity index (χ3v) is 4.08. The third kappa shape index (κ3) is 5.09. The van der Waals surface area contributed by atoms with Crippen LogP contribution in [0.4, 0.5) is 11.4 Å². The molecule has 0 heterocycles. The minimum absolute atomic E-state index is 0.0739. The predicted molar refractivity (Wildman–Crippen MR) is 107 cm³/mol. The number of hydrogen-bond acceptors (Lipinski definition) is 3. The van der Waals surface area contributed by atoms with Gasteiger partial charge in [-0.1, -0.05) is 0 Å². The van der Waals surface area contributed by atoms with Crippen molar-refractivity contribution < 1.29 is 9.59 Å². The monoisotopic (exact) mass is 353 g/mol. The Bertz CT molecular complexity index is 733. The highest BCUT2D eigenvalue weighted by Crippen LogP contribution is 2.18. The minimum atomic E-state index is -0.198. The second kappa shape index (κ2) is 9.04. The highest BCUT2D eigenvalue weighted by molar-refractivity contribution is 6.05. The van der Waals surface area contributed by atoms with E-state index in [2.05, 4.69) is 29.4 Å². The lowest BCUT2D eigenvalue weighted by Gasteiger charge is -2.21. The molecule has 0 aliphatic carbocycles. The van der Waals surface area contributed by atoms with E-state index in [0.29, 0.717) is 11.1 Å². The van der Waals surface area contributed by atoms with Crippen molar-refractivity contribution in [2.75, 3.05) is 23.3 Å². The molecule has 2 aromatic rings. The topological polar surface area (TPSA) is 61.4 Å². The molecule has 0 fully saturated rings. The molecule has 2 amide bonds. The quantitative estimate of drug-likeness (QED) is 0.793. The van der Waals surface area contributed by atoms with Gasteiger partial charge in [-0.25, -0.2) is 0 Å². The summed E-state index contributed by atoms with van der Waals surface area (Å²) >= 11 is 0. The standard InChI is InChI=1S/C21H27N3O2/c1-5-24(6-2)19-13-11-18(12-14-19)23-21(26)17-9-7-16(8-10-17)20(25)22-15(3)4/h7-15H,5-6H2,1-4H3,(H,22,25)(H,23,26). The van der Waals surface area contributed by atoms with Crippen LogP contribution in [-0.4, -0.2) is 30.9 Å². The Morgan fingerprint density at radius 3 is 1.81 bits per heavy atom. The highest BCUT2D eigenvalue weighted by atomic mass is 16.2. The van der Waals surface area contributed by atoms with Gasteiger partial charge in [0.05, 0.1) is 0 Å². The van der Waals surface area contributed by atoms with Crippen LogP contribution >= 0.6 is 0 Å². The second-order valence-electron chi connectivity index (χ2n) is 6.38. The molecule has 5 nitrogen and oxygen atoms in total. The van der Waals surface area contributed by atoms with Crippen molar-refractivity contribution in [1.29, 1.82) is 0 Å². The average Bonchev–Trinajstić information content (AvgIpc) is 2.63. The van der Waals surface area contributed by atoms with Crippen molar-refractivity contribution in [2.24, 2.45) is 0 Å². The Labute approximate surface area is 155 Å². The van der Waals surface area contributed by atoms with Gasteiger partial charge in [0, 0.05) is 41.6 Å². The van der Waals surface area contributed by atoms with Gasteiger partial charge in [0.25, 0.3) is 11.8 Å². The van der Waals surface area contributed by atoms with Gasteiger partial charge in [-0.3, -0.25) is 9.59 Å². The lowest BCUT2D eigenvalue weighted by atomic mass is 10.1. The molecule has 5 heteroatoms. The van der Waals surface area contributed by atoms with E-state index in [1.165, 1.54) is 0 Å². The Morgan fingerprint density at radius 1 is 0.846 bits per heavy atom. The number of amides is 2. The molecule has 0 aromatic heterocycles. The molecule has 2 N–H and O–H groups in total. The smallest absolute Gasteiger partial charge is 0.255 e. The number of benzene rings is 2. The van der Waals surface area contributed by atoms with E-state index >= 15 is 0 Å². The maximum absolute atomic E-state index is 12.4. The van der Waals surface area contributed by atoms with Gasteiger partial charge in [-0.2, -0.15) is 0 Å². The van der Waals surface area contributed by atoms with Gasteiger partial charge >= 0.3 is 0 Å². The van der Waals surface area contributed by atoms with Gasteiger partial charge in [0.2, 0.25) is 0 Å². The van der Waals surface area contributed by atoms with E-state index in [1.54, 1.807) is 24.3 Å². The number of nitrogens with one attached hydrogen (secondary N) is 2. The lowest BCUT2D eigenvalue weighted by Crippen LogP contribution is -2.30. The molecular weight excluding hydrogens is 326 g/mol. The Hall–Kier alpha value is -2.82. The molecule has 0 spiro atoms. The highest BCUT2D eigenvalue weighted by Gasteiger charge is 2.10. The zero-order chi connectivity index (χ0) is 19.1. The van der Waals surface area contributed by atoms with Crippen LogP contribution in [0.1, 0.15) is 48.4 Å². The molecule has 0 unspecified atom stereocenters. The van der Waals surface area contributed by atoms with Crippen LogP contribution < -0.4 is 15.5 Å². The number of carbonyl (C=O) groups is 2. The van der Waals surface area contributed by atoms with Crippen molar-refractivity contribution in [2.45, 2.75) is 33.7 Å². The van der Waals surface area contributed by atoms with Gasteiger partial charge in [-0.05, 0) is 76.2 Å². The number of carbonyl (C=O) groups excluding carboxylic acids is 2. The van der Waals surface area contributed by atoms with Gasteiger partial charge in [0.1, 0.15) is 0 Å². The van der Waals surface area contributed by atoms with E-state index in [0.717, 1.165) is 24.5 Å². The van der Waals surface area contributed by atoms with Crippen molar-refractivity contribution in [1.82, 2.24) is 5.32 Å². The summed E-state index contributed by atoms with van der Waals surface area (Å²) in [5, 5.41) is 5.71. The van der Waals surface area contributed by atoms with Gasteiger partial charge in [-0.15, -0.1) is 0 Å². The van der Waals surface area contributed by atoms with Crippen LogP contribution in [0.5, 0.6) is 0 Å². The largest absolute Gasteiger partial charge is 0.372 e. The normalized spacial score (nSPS) is 10.5. The molecule has 0 aliphatic heterocycles. The maximum Gasteiger partial charge on any atom is 0.255 e. The number of anilines is 2. The fourth-order valence-corrected chi connectivity index (χ4v) is 2.67. The molecule has 0 saturated heterocycles. The number of rotatable bonds is 7. The van der Waals surface area contributed by atoms with Crippen LogP contribution in [0.2, 0.25) is 0 Å². The predicted octanol–water partition coefficient (Wildman–Crippen LogP) is 3.92. The molecule has 0 bridgehead atoms. The van der Waals surface area contributed by atoms with Crippen LogP contribution in [0.3, 0.4) is 0 Å². The Kier molecular flexibility index (Phi) is 6.78. The molecule has 0 radical (unpaired) electrons. The first-order valence-corrected chi connectivity index (χ1v) is 9.01. The first kappa shape index (κ1) is 19.5. The summed E-state index contributed by atoms with van der Waals surface area (Å²) in [6.07, 6.45) is 0. The van der Waals surface area contributed by atoms with Crippen molar-refractivity contribution in [3.05, 3.63) is 59.7 Å². The molecule has 138 valence electrons. The second-order valence-corrected chi connectivity index (χ2v) is 6.38. The molecule has 2 aromatic carbocycles. The van der Waals surface area contributed by atoms with E-state index in [9.17, 15) is 9.59 Å². The Balaban J connectivity index is 2.02. The van der Waals surface area contributed by atoms with E-state index < -0.39 is 0 Å². The third-order valence-electron chi connectivity index (χ3n) is 4.08. The molecule has 0 atom stereocenters. The Morgan fingerprint density at radius 2 is 1.35 bits per heavy atom. The fraction of sp³-hybridized carbons (Fsp3) is 0.333. The maximum atomic E-state index is 12.4.